The summed E-state index contributed by atoms with van der Waals surface area (Å²) in [5.41, 5.74) is 2.04. The molecule has 0 saturated carbocycles. The van der Waals surface area contributed by atoms with Crippen LogP contribution in [0, 0.1) is 12.7 Å². The summed E-state index contributed by atoms with van der Waals surface area (Å²) in [7, 11) is 1.62. The van der Waals surface area contributed by atoms with Gasteiger partial charge in [0.15, 0.2) is 0 Å². The van der Waals surface area contributed by atoms with Gasteiger partial charge in [-0.05, 0) is 55.7 Å². The summed E-state index contributed by atoms with van der Waals surface area (Å²) in [4.78, 5) is 12.0. The summed E-state index contributed by atoms with van der Waals surface area (Å²) < 4.78 is 18.6. The Labute approximate surface area is 135 Å². The van der Waals surface area contributed by atoms with Crippen molar-refractivity contribution in [1.82, 2.24) is 5.32 Å². The van der Waals surface area contributed by atoms with Crippen LogP contribution >= 0.6 is 0 Å². The van der Waals surface area contributed by atoms with E-state index in [2.05, 4.69) is 10.6 Å². The minimum atomic E-state index is -0.358. The molecule has 2 N–H and O–H groups in total. The topological polar surface area (TPSA) is 50.4 Å². The number of hydrogen-bond donors (Lipinski definition) is 2. The second-order valence-corrected chi connectivity index (χ2v) is 5.52. The fourth-order valence-electron chi connectivity index (χ4n) is 2.27. The Hall–Kier alpha value is -2.56. The van der Waals surface area contributed by atoms with Gasteiger partial charge in [0.2, 0.25) is 0 Å². The Morgan fingerprint density at radius 2 is 2.04 bits per heavy atom. The molecule has 2 aromatic rings. The molecule has 1 unspecified atom stereocenters. The van der Waals surface area contributed by atoms with Crippen LogP contribution in [0.5, 0.6) is 5.75 Å². The quantitative estimate of drug-likeness (QED) is 0.879. The molecule has 0 radical (unpaired) electrons. The Bertz CT molecular complexity index is 688. The molecule has 4 nitrogen and oxygen atoms in total. The van der Waals surface area contributed by atoms with Crippen molar-refractivity contribution < 1.29 is 13.9 Å². The normalized spacial score (nSPS) is 11.7. The number of carbonyl (C=O) groups excluding carboxylic acids is 1. The molecular weight excluding hydrogens is 295 g/mol. The van der Waals surface area contributed by atoms with Crippen LogP contribution in [0.2, 0.25) is 0 Å². The highest BCUT2D eigenvalue weighted by atomic mass is 19.1. The predicted octanol–water partition coefficient (Wildman–Crippen LogP) is 3.90. The van der Waals surface area contributed by atoms with Crippen LogP contribution in [-0.4, -0.2) is 19.2 Å². The molecule has 0 aromatic heterocycles. The van der Waals surface area contributed by atoms with E-state index in [0.717, 1.165) is 11.3 Å². The van der Waals surface area contributed by atoms with Crippen LogP contribution in [0.4, 0.5) is 14.9 Å². The summed E-state index contributed by atoms with van der Waals surface area (Å²) in [6, 6.07) is 11.9. The maximum absolute atomic E-state index is 13.5. The van der Waals surface area contributed by atoms with E-state index in [1.807, 2.05) is 31.2 Å². The van der Waals surface area contributed by atoms with Gasteiger partial charge in [0, 0.05) is 11.7 Å². The van der Waals surface area contributed by atoms with Crippen molar-refractivity contribution in [3.8, 4) is 5.75 Å². The highest BCUT2D eigenvalue weighted by molar-refractivity contribution is 5.89. The first-order chi connectivity index (χ1) is 11.0. The smallest absolute Gasteiger partial charge is 0.319 e. The third-order valence-corrected chi connectivity index (χ3v) is 3.48. The first-order valence-electron chi connectivity index (χ1n) is 7.44. The number of urea groups is 1. The maximum Gasteiger partial charge on any atom is 0.319 e. The van der Waals surface area contributed by atoms with E-state index in [-0.39, 0.29) is 17.9 Å². The van der Waals surface area contributed by atoms with E-state index in [1.54, 1.807) is 26.2 Å². The highest BCUT2D eigenvalue weighted by Crippen LogP contribution is 2.15. The molecule has 0 spiro atoms. The molecule has 122 valence electrons. The lowest BCUT2D eigenvalue weighted by atomic mass is 10.1. The van der Waals surface area contributed by atoms with E-state index in [1.165, 1.54) is 6.07 Å². The second kappa shape index (κ2) is 7.63. The highest BCUT2D eigenvalue weighted by Gasteiger charge is 2.09. The summed E-state index contributed by atoms with van der Waals surface area (Å²) in [6.45, 7) is 3.59. The van der Waals surface area contributed by atoms with Gasteiger partial charge in [-0.2, -0.15) is 0 Å². The fraction of sp³-hybridized carbons (Fsp3) is 0.278. The van der Waals surface area contributed by atoms with Crippen molar-refractivity contribution in [2.45, 2.75) is 26.3 Å². The molecule has 0 saturated heterocycles. The van der Waals surface area contributed by atoms with E-state index in [9.17, 15) is 9.18 Å². The van der Waals surface area contributed by atoms with Crippen molar-refractivity contribution in [3.05, 3.63) is 59.4 Å². The van der Waals surface area contributed by atoms with E-state index in [0.29, 0.717) is 17.7 Å². The van der Waals surface area contributed by atoms with Gasteiger partial charge in [-0.1, -0.05) is 18.2 Å². The van der Waals surface area contributed by atoms with Crippen LogP contribution in [0.15, 0.2) is 42.5 Å². The van der Waals surface area contributed by atoms with Crippen LogP contribution in [0.1, 0.15) is 18.1 Å². The molecule has 0 heterocycles. The number of rotatable bonds is 5. The van der Waals surface area contributed by atoms with Crippen molar-refractivity contribution in [2.24, 2.45) is 0 Å². The number of carbonyl (C=O) groups is 1. The van der Waals surface area contributed by atoms with Gasteiger partial charge in [0.25, 0.3) is 0 Å². The van der Waals surface area contributed by atoms with Crippen LogP contribution in [0.3, 0.4) is 0 Å². The molecular formula is C18H21FN2O2. The number of methoxy groups -OCH3 is 1. The third kappa shape index (κ3) is 4.98. The molecule has 0 fully saturated rings. The van der Waals surface area contributed by atoms with Gasteiger partial charge in [-0.3, -0.25) is 0 Å². The summed E-state index contributed by atoms with van der Waals surface area (Å²) in [6.07, 6.45) is 0.673. The van der Waals surface area contributed by atoms with Gasteiger partial charge in [0.05, 0.1) is 7.11 Å². The monoisotopic (exact) mass is 316 g/mol. The summed E-state index contributed by atoms with van der Waals surface area (Å²) in [5.74, 6) is 0.446. The minimum Gasteiger partial charge on any atom is -0.497 e. The molecule has 2 rings (SSSR count). The van der Waals surface area contributed by atoms with E-state index >= 15 is 0 Å². The standard InChI is InChI=1S/C18H21FN2O2/c1-12-7-8-15(11-17(12)19)21-18(22)20-13(2)9-14-5-4-6-16(10-14)23-3/h4-8,10-11,13H,9H2,1-3H3,(H2,20,21,22). The number of halogens is 1. The van der Waals surface area contributed by atoms with E-state index in [4.69, 9.17) is 4.74 Å². The second-order valence-electron chi connectivity index (χ2n) is 5.52. The van der Waals surface area contributed by atoms with Gasteiger partial charge in [0.1, 0.15) is 11.6 Å². The summed E-state index contributed by atoms with van der Waals surface area (Å²) >= 11 is 0. The van der Waals surface area contributed by atoms with Crippen molar-refractivity contribution in [1.29, 1.82) is 0 Å². The van der Waals surface area contributed by atoms with Crippen LogP contribution in [0.25, 0.3) is 0 Å². The first-order valence-corrected chi connectivity index (χ1v) is 7.44. The van der Waals surface area contributed by atoms with Gasteiger partial charge < -0.3 is 15.4 Å². The minimum absolute atomic E-state index is 0.0719. The predicted molar refractivity (Wildman–Crippen MR) is 89.5 cm³/mol. The first kappa shape index (κ1) is 16.8. The van der Waals surface area contributed by atoms with Gasteiger partial charge >= 0.3 is 6.03 Å². The number of hydrogen-bond acceptors (Lipinski definition) is 2. The molecule has 0 aliphatic heterocycles. The zero-order chi connectivity index (χ0) is 16.8. The van der Waals surface area contributed by atoms with Crippen LogP contribution in [-0.2, 0) is 6.42 Å². The Balaban J connectivity index is 1.90. The average molecular weight is 316 g/mol. The molecule has 23 heavy (non-hydrogen) atoms. The lowest BCUT2D eigenvalue weighted by Crippen LogP contribution is -2.37. The number of ether oxygens (including phenoxy) is 1. The van der Waals surface area contributed by atoms with Gasteiger partial charge in [-0.15, -0.1) is 0 Å². The molecule has 5 heteroatoms. The number of aryl methyl sites for hydroxylation is 1. The zero-order valence-corrected chi connectivity index (χ0v) is 13.5. The SMILES string of the molecule is COc1cccc(CC(C)NC(=O)Nc2ccc(C)c(F)c2)c1. The van der Waals surface area contributed by atoms with E-state index < -0.39 is 0 Å². The average Bonchev–Trinajstić information content (AvgIpc) is 2.51. The molecule has 0 aliphatic rings. The molecule has 2 amide bonds. The molecule has 2 aromatic carbocycles. The lowest BCUT2D eigenvalue weighted by molar-refractivity contribution is 0.249. The Morgan fingerprint density at radius 3 is 2.74 bits per heavy atom. The molecule has 0 bridgehead atoms. The van der Waals surface area contributed by atoms with Crippen molar-refractivity contribution in [3.63, 3.8) is 0 Å². The third-order valence-electron chi connectivity index (χ3n) is 3.48. The van der Waals surface area contributed by atoms with Crippen molar-refractivity contribution >= 4 is 11.7 Å². The molecule has 0 aliphatic carbocycles. The fourth-order valence-corrected chi connectivity index (χ4v) is 2.27. The van der Waals surface area contributed by atoms with Crippen LogP contribution < -0.4 is 15.4 Å². The Morgan fingerprint density at radius 1 is 1.26 bits per heavy atom. The number of amides is 2. The number of anilines is 1. The van der Waals surface area contributed by atoms with Gasteiger partial charge in [-0.25, -0.2) is 9.18 Å². The lowest BCUT2D eigenvalue weighted by Gasteiger charge is -2.15. The maximum atomic E-state index is 13.5. The largest absolute Gasteiger partial charge is 0.497 e. The number of nitrogens with one attached hydrogen (secondary N) is 2. The summed E-state index contributed by atoms with van der Waals surface area (Å²) in [5, 5.41) is 5.47. The molecule has 1 atom stereocenters. The Kier molecular flexibility index (Phi) is 5.57. The zero-order valence-electron chi connectivity index (χ0n) is 13.5. The number of benzene rings is 2. The van der Waals surface area contributed by atoms with Crippen molar-refractivity contribution in [2.75, 3.05) is 12.4 Å².